The quantitative estimate of drug-likeness (QED) is 0.438. The molecule has 2 aliphatic heterocycles. The number of hydrogen-bond acceptors (Lipinski definition) is 5. The second kappa shape index (κ2) is 8.46. The highest BCUT2D eigenvalue weighted by molar-refractivity contribution is 5.74. The first-order valence-electron chi connectivity index (χ1n) is 11.1. The average molecular weight is 531 g/mol. The maximum Gasteiger partial charge on any atom is 0.435 e. The molecule has 37 heavy (non-hydrogen) atoms. The molecule has 0 radical (unpaired) electrons. The number of primary amides is 1. The van der Waals surface area contributed by atoms with Gasteiger partial charge in [-0.3, -0.25) is 0 Å². The molecule has 3 aromatic rings. The standard InChI is InChI=1S/C22H20F7N7O/c23-12-3-1-11(2-4-12)13(18-20(8-31-9-20)10-35(18)19(30)37)7-32-16-5-14(21(24,25)26)33-17-6-15(22(27,28)29)34-36(16)17/h1-6,13,18,31-32H,7-10H2,(H2,30,37). The zero-order chi connectivity index (χ0) is 26.8. The third kappa shape index (κ3) is 4.40. The molecule has 2 unspecified atom stereocenters. The Morgan fingerprint density at radius 2 is 1.76 bits per heavy atom. The second-order valence-electron chi connectivity index (χ2n) is 9.24. The van der Waals surface area contributed by atoms with Crippen molar-refractivity contribution in [3.63, 3.8) is 0 Å². The number of nitrogens with two attached hydrogens (primary N) is 1. The summed E-state index contributed by atoms with van der Waals surface area (Å²) in [7, 11) is 0. The summed E-state index contributed by atoms with van der Waals surface area (Å²) in [6.07, 6.45) is -9.84. The van der Waals surface area contributed by atoms with Crippen molar-refractivity contribution in [1.29, 1.82) is 0 Å². The molecule has 5 rings (SSSR count). The summed E-state index contributed by atoms with van der Waals surface area (Å²) in [6, 6.07) is 5.18. The number of nitrogens with zero attached hydrogens (tertiary/aromatic N) is 4. The van der Waals surface area contributed by atoms with Gasteiger partial charge in [0.15, 0.2) is 17.0 Å². The van der Waals surface area contributed by atoms with Crippen LogP contribution in [0.25, 0.3) is 5.65 Å². The van der Waals surface area contributed by atoms with E-state index in [2.05, 4.69) is 20.7 Å². The number of nitrogens with one attached hydrogen (secondary N) is 2. The van der Waals surface area contributed by atoms with Gasteiger partial charge in [-0.05, 0) is 17.7 Å². The molecule has 8 nitrogen and oxygen atoms in total. The van der Waals surface area contributed by atoms with E-state index in [1.54, 1.807) is 0 Å². The first-order valence-corrected chi connectivity index (χ1v) is 11.1. The Morgan fingerprint density at radius 1 is 1.11 bits per heavy atom. The van der Waals surface area contributed by atoms with Gasteiger partial charge in [-0.1, -0.05) is 12.1 Å². The van der Waals surface area contributed by atoms with Crippen molar-refractivity contribution in [1.82, 2.24) is 24.8 Å². The largest absolute Gasteiger partial charge is 0.435 e. The van der Waals surface area contributed by atoms with E-state index in [4.69, 9.17) is 5.73 Å². The third-order valence-corrected chi connectivity index (χ3v) is 6.88. The fourth-order valence-electron chi connectivity index (χ4n) is 5.10. The molecule has 2 atom stereocenters. The molecule has 4 N–H and O–H groups in total. The maximum atomic E-state index is 13.6. The molecule has 2 saturated heterocycles. The SMILES string of the molecule is NC(=O)N1CC2(CNC2)C1C(CNc1cc(C(F)(F)F)nc2cc(C(F)(F)F)nn12)c1ccc(F)cc1. The van der Waals surface area contributed by atoms with E-state index in [0.29, 0.717) is 41.8 Å². The molecule has 4 heterocycles. The molecule has 0 aliphatic carbocycles. The van der Waals surface area contributed by atoms with E-state index in [1.165, 1.54) is 29.2 Å². The molecule has 198 valence electrons. The van der Waals surface area contributed by atoms with Crippen LogP contribution in [0.1, 0.15) is 22.9 Å². The molecule has 0 bridgehead atoms. The molecule has 2 aliphatic rings. The minimum atomic E-state index is -4.93. The summed E-state index contributed by atoms with van der Waals surface area (Å²) in [5.74, 6) is -1.50. The van der Waals surface area contributed by atoms with Gasteiger partial charge < -0.3 is 21.3 Å². The number of anilines is 1. The number of amides is 2. The summed E-state index contributed by atoms with van der Waals surface area (Å²) in [4.78, 5) is 16.8. The molecule has 15 heteroatoms. The maximum absolute atomic E-state index is 13.6. The fourth-order valence-corrected chi connectivity index (χ4v) is 5.10. The van der Waals surface area contributed by atoms with E-state index in [1.807, 2.05) is 0 Å². The van der Waals surface area contributed by atoms with Gasteiger partial charge in [-0.15, -0.1) is 0 Å². The highest BCUT2D eigenvalue weighted by Crippen LogP contribution is 2.48. The number of hydrogen-bond donors (Lipinski definition) is 3. The van der Waals surface area contributed by atoms with Crippen LogP contribution in [0.3, 0.4) is 0 Å². The van der Waals surface area contributed by atoms with Crippen LogP contribution in [0.4, 0.5) is 41.3 Å². The summed E-state index contributed by atoms with van der Waals surface area (Å²) in [6.45, 7) is 1.36. The lowest BCUT2D eigenvalue weighted by molar-refractivity contribution is -0.142. The molecule has 0 saturated carbocycles. The minimum absolute atomic E-state index is 0.126. The normalized spacial score (nSPS) is 20.0. The monoisotopic (exact) mass is 531 g/mol. The predicted octanol–water partition coefficient (Wildman–Crippen LogP) is 3.45. The van der Waals surface area contributed by atoms with Crippen LogP contribution in [-0.4, -0.2) is 57.7 Å². The molecule has 1 aromatic carbocycles. The number of alkyl halides is 6. The lowest BCUT2D eigenvalue weighted by Crippen LogP contribution is -2.79. The summed E-state index contributed by atoms with van der Waals surface area (Å²) in [5.41, 5.74) is 2.30. The van der Waals surface area contributed by atoms with Crippen LogP contribution in [0.5, 0.6) is 0 Å². The number of fused-ring (bicyclic) bond motifs is 1. The molecular formula is C22H20F7N7O. The number of carbonyl (C=O) groups excluding carboxylic acids is 1. The number of halogens is 7. The Labute approximate surface area is 204 Å². The molecule has 2 aromatic heterocycles. The number of aromatic nitrogens is 3. The Balaban J connectivity index is 1.55. The lowest BCUT2D eigenvalue weighted by atomic mass is 9.61. The Bertz CT molecular complexity index is 1330. The zero-order valence-corrected chi connectivity index (χ0v) is 18.9. The number of likely N-dealkylation sites (tertiary alicyclic amines) is 1. The van der Waals surface area contributed by atoms with Crippen LogP contribution >= 0.6 is 0 Å². The Hall–Kier alpha value is -3.62. The number of benzene rings is 1. The molecule has 2 amide bonds. The first kappa shape index (κ1) is 25.0. The van der Waals surface area contributed by atoms with Gasteiger partial charge in [0, 0.05) is 49.6 Å². The van der Waals surface area contributed by atoms with E-state index in [-0.39, 0.29) is 17.8 Å². The molecular weight excluding hydrogens is 511 g/mol. The van der Waals surface area contributed by atoms with Crippen molar-refractivity contribution in [2.24, 2.45) is 11.1 Å². The first-order chi connectivity index (χ1) is 17.3. The van der Waals surface area contributed by atoms with Crippen LogP contribution in [0.2, 0.25) is 0 Å². The van der Waals surface area contributed by atoms with Crippen LogP contribution in [0, 0.1) is 11.2 Å². The van der Waals surface area contributed by atoms with E-state index < -0.39 is 53.2 Å². The van der Waals surface area contributed by atoms with Gasteiger partial charge in [0.25, 0.3) is 0 Å². The van der Waals surface area contributed by atoms with Gasteiger partial charge in [-0.2, -0.15) is 36.0 Å². The predicted molar refractivity (Wildman–Crippen MR) is 116 cm³/mol. The van der Waals surface area contributed by atoms with E-state index in [9.17, 15) is 35.5 Å². The Kier molecular flexibility index (Phi) is 5.73. The van der Waals surface area contributed by atoms with Crippen molar-refractivity contribution < 1.29 is 35.5 Å². The summed E-state index contributed by atoms with van der Waals surface area (Å²) >= 11 is 0. The summed E-state index contributed by atoms with van der Waals surface area (Å²) in [5, 5.41) is 9.31. The molecule has 1 spiro atoms. The van der Waals surface area contributed by atoms with Gasteiger partial charge in [0.1, 0.15) is 11.6 Å². The van der Waals surface area contributed by atoms with Crippen molar-refractivity contribution in [2.75, 3.05) is 31.5 Å². The highest BCUT2D eigenvalue weighted by Gasteiger charge is 2.60. The number of rotatable bonds is 5. The van der Waals surface area contributed by atoms with Gasteiger partial charge >= 0.3 is 18.4 Å². The smallest absolute Gasteiger partial charge is 0.369 e. The highest BCUT2D eigenvalue weighted by atomic mass is 19.4. The van der Waals surface area contributed by atoms with Crippen LogP contribution in [-0.2, 0) is 12.4 Å². The van der Waals surface area contributed by atoms with Crippen LogP contribution < -0.4 is 16.4 Å². The van der Waals surface area contributed by atoms with Crippen molar-refractivity contribution in [2.45, 2.75) is 24.3 Å². The topological polar surface area (TPSA) is 101 Å². The Morgan fingerprint density at radius 3 is 2.30 bits per heavy atom. The van der Waals surface area contributed by atoms with E-state index >= 15 is 0 Å². The van der Waals surface area contributed by atoms with Gasteiger partial charge in [0.05, 0.1) is 6.04 Å². The summed E-state index contributed by atoms with van der Waals surface area (Å²) < 4.78 is 94.4. The minimum Gasteiger partial charge on any atom is -0.369 e. The van der Waals surface area contributed by atoms with Gasteiger partial charge in [0.2, 0.25) is 0 Å². The third-order valence-electron chi connectivity index (χ3n) is 6.88. The fraction of sp³-hybridized carbons (Fsp3) is 0.409. The van der Waals surface area contributed by atoms with Gasteiger partial charge in [-0.25, -0.2) is 14.2 Å². The van der Waals surface area contributed by atoms with E-state index in [0.717, 1.165) is 0 Å². The van der Waals surface area contributed by atoms with Crippen molar-refractivity contribution in [3.8, 4) is 0 Å². The average Bonchev–Trinajstić information content (AvgIpc) is 3.19. The molecule has 2 fully saturated rings. The van der Waals surface area contributed by atoms with Crippen molar-refractivity contribution in [3.05, 3.63) is 59.2 Å². The second-order valence-corrected chi connectivity index (χ2v) is 9.24. The lowest BCUT2D eigenvalue weighted by Gasteiger charge is -2.64. The zero-order valence-electron chi connectivity index (χ0n) is 18.9. The number of carbonyl (C=O) groups is 1. The number of urea groups is 1. The van der Waals surface area contributed by atoms with Crippen LogP contribution in [0.15, 0.2) is 36.4 Å². The van der Waals surface area contributed by atoms with Crippen molar-refractivity contribution >= 4 is 17.5 Å².